The molecule has 1 nitrogen and oxygen atoms in total. The third kappa shape index (κ3) is 2.37. The van der Waals surface area contributed by atoms with Crippen LogP contribution in [0.1, 0.15) is 77.0 Å². The molecule has 0 aromatic heterocycles. The van der Waals surface area contributed by atoms with Crippen molar-refractivity contribution in [3.8, 4) is 0 Å². The summed E-state index contributed by atoms with van der Waals surface area (Å²) in [5, 5.41) is 0. The van der Waals surface area contributed by atoms with E-state index in [9.17, 15) is 0 Å². The highest BCUT2D eigenvalue weighted by Gasteiger charge is 2.49. The third-order valence-electron chi connectivity index (χ3n) is 7.16. The molecule has 19 heavy (non-hydrogen) atoms. The Hall–Kier alpha value is -0.0400. The van der Waals surface area contributed by atoms with Crippen molar-refractivity contribution in [1.82, 2.24) is 0 Å². The smallest absolute Gasteiger partial charge is 0.0157 e. The van der Waals surface area contributed by atoms with Crippen molar-refractivity contribution in [2.75, 3.05) is 0 Å². The maximum Gasteiger partial charge on any atom is 0.0157 e. The summed E-state index contributed by atoms with van der Waals surface area (Å²) in [7, 11) is 0. The number of hydrogen-bond donors (Lipinski definition) is 1. The molecule has 0 amide bonds. The lowest BCUT2D eigenvalue weighted by Gasteiger charge is -2.56. The van der Waals surface area contributed by atoms with E-state index in [1.54, 1.807) is 32.1 Å². The summed E-state index contributed by atoms with van der Waals surface area (Å²) in [5.41, 5.74) is 7.06. The molecule has 0 aliphatic heterocycles. The monoisotopic (exact) mass is 261 g/mol. The zero-order valence-corrected chi connectivity index (χ0v) is 12.4. The first-order chi connectivity index (χ1) is 9.22. The lowest BCUT2D eigenvalue weighted by Crippen LogP contribution is -2.50. The van der Waals surface area contributed by atoms with E-state index in [-0.39, 0.29) is 5.54 Å². The normalized spacial score (nSPS) is 48.2. The first-order valence-electron chi connectivity index (χ1n) is 9.01. The second-order valence-electron chi connectivity index (χ2n) is 8.58. The molecule has 0 atom stereocenters. The fourth-order valence-electron chi connectivity index (χ4n) is 6.48. The van der Waals surface area contributed by atoms with Crippen LogP contribution in [-0.2, 0) is 0 Å². The van der Waals surface area contributed by atoms with E-state index in [1.807, 2.05) is 0 Å². The third-order valence-corrected chi connectivity index (χ3v) is 7.16. The first kappa shape index (κ1) is 12.7. The van der Waals surface area contributed by atoms with Crippen LogP contribution in [0.2, 0.25) is 0 Å². The van der Waals surface area contributed by atoms with Gasteiger partial charge in [0, 0.05) is 5.54 Å². The van der Waals surface area contributed by atoms with Gasteiger partial charge in [-0.1, -0.05) is 25.7 Å². The summed E-state index contributed by atoms with van der Waals surface area (Å²) in [6, 6.07) is 0. The van der Waals surface area contributed by atoms with Gasteiger partial charge in [-0.15, -0.1) is 0 Å². The van der Waals surface area contributed by atoms with E-state index in [4.69, 9.17) is 5.73 Å². The summed E-state index contributed by atoms with van der Waals surface area (Å²) < 4.78 is 0. The molecule has 5 aliphatic carbocycles. The van der Waals surface area contributed by atoms with Crippen molar-refractivity contribution >= 4 is 0 Å². The molecule has 2 N–H and O–H groups in total. The summed E-state index contributed by atoms with van der Waals surface area (Å²) in [6.07, 6.45) is 17.5. The molecule has 5 aliphatic rings. The van der Waals surface area contributed by atoms with Crippen LogP contribution in [0.25, 0.3) is 0 Å². The van der Waals surface area contributed by atoms with Crippen molar-refractivity contribution in [3.05, 3.63) is 0 Å². The molecule has 0 aromatic rings. The van der Waals surface area contributed by atoms with Gasteiger partial charge in [-0.05, 0) is 81.0 Å². The Morgan fingerprint density at radius 2 is 1.26 bits per heavy atom. The molecule has 0 heterocycles. The molecule has 108 valence electrons. The minimum Gasteiger partial charge on any atom is -0.325 e. The molecule has 0 saturated heterocycles. The zero-order chi connectivity index (χ0) is 12.9. The highest BCUT2D eigenvalue weighted by atomic mass is 14.7. The predicted molar refractivity (Wildman–Crippen MR) is 79.8 cm³/mol. The number of nitrogens with two attached hydrogens (primary N) is 1. The average Bonchev–Trinajstić information content (AvgIpc) is 2.58. The van der Waals surface area contributed by atoms with E-state index in [2.05, 4.69) is 0 Å². The van der Waals surface area contributed by atoms with E-state index >= 15 is 0 Å². The van der Waals surface area contributed by atoms with Crippen LogP contribution >= 0.6 is 0 Å². The predicted octanol–water partition coefficient (Wildman–Crippen LogP) is 4.50. The Morgan fingerprint density at radius 3 is 1.79 bits per heavy atom. The second-order valence-corrected chi connectivity index (χ2v) is 8.58. The molecule has 0 aromatic carbocycles. The van der Waals surface area contributed by atoms with Crippen molar-refractivity contribution in [2.45, 2.75) is 82.6 Å². The van der Waals surface area contributed by atoms with Gasteiger partial charge in [0.1, 0.15) is 0 Å². The van der Waals surface area contributed by atoms with E-state index in [0.29, 0.717) is 0 Å². The standard InChI is InChI=1S/C18H31N/c19-18(5-3-1-2-4-6-18)12-17-15-8-13-7-14(10-15)11-16(17)9-13/h13-17H,1-12,19H2. The quantitative estimate of drug-likeness (QED) is 0.728. The second kappa shape index (κ2) is 4.76. The van der Waals surface area contributed by atoms with Crippen molar-refractivity contribution in [3.63, 3.8) is 0 Å². The molecule has 4 bridgehead atoms. The van der Waals surface area contributed by atoms with Crippen LogP contribution in [0.15, 0.2) is 0 Å². The minimum atomic E-state index is 0.219. The Balaban J connectivity index is 1.47. The van der Waals surface area contributed by atoms with Crippen molar-refractivity contribution in [1.29, 1.82) is 0 Å². The minimum absolute atomic E-state index is 0.219. The lowest BCUT2D eigenvalue weighted by atomic mass is 9.50. The molecular formula is C18H31N. The van der Waals surface area contributed by atoms with Crippen molar-refractivity contribution < 1.29 is 0 Å². The van der Waals surface area contributed by atoms with Gasteiger partial charge in [0.05, 0.1) is 0 Å². The van der Waals surface area contributed by atoms with Gasteiger partial charge in [-0.25, -0.2) is 0 Å². The largest absolute Gasteiger partial charge is 0.325 e. The number of rotatable bonds is 2. The summed E-state index contributed by atoms with van der Waals surface area (Å²) >= 11 is 0. The summed E-state index contributed by atoms with van der Waals surface area (Å²) in [6.45, 7) is 0. The van der Waals surface area contributed by atoms with Gasteiger partial charge in [-0.3, -0.25) is 0 Å². The molecule has 1 heteroatoms. The van der Waals surface area contributed by atoms with E-state index < -0.39 is 0 Å². The summed E-state index contributed by atoms with van der Waals surface area (Å²) in [5.74, 6) is 5.37. The van der Waals surface area contributed by atoms with Crippen LogP contribution in [0.5, 0.6) is 0 Å². The molecule has 5 saturated carbocycles. The summed E-state index contributed by atoms with van der Waals surface area (Å²) in [4.78, 5) is 0. The van der Waals surface area contributed by atoms with Gasteiger partial charge in [0.25, 0.3) is 0 Å². The molecule has 0 spiro atoms. The molecule has 0 radical (unpaired) electrons. The van der Waals surface area contributed by atoms with E-state index in [0.717, 1.165) is 29.6 Å². The van der Waals surface area contributed by atoms with Gasteiger partial charge in [0.15, 0.2) is 0 Å². The topological polar surface area (TPSA) is 26.0 Å². The Kier molecular flexibility index (Phi) is 3.17. The highest BCUT2D eigenvalue weighted by Crippen LogP contribution is 2.58. The van der Waals surface area contributed by atoms with Gasteiger partial charge < -0.3 is 5.73 Å². The highest BCUT2D eigenvalue weighted by molar-refractivity contribution is 5.01. The Morgan fingerprint density at radius 1 is 0.737 bits per heavy atom. The van der Waals surface area contributed by atoms with Crippen LogP contribution in [0.3, 0.4) is 0 Å². The molecule has 5 fully saturated rings. The zero-order valence-electron chi connectivity index (χ0n) is 12.4. The van der Waals surface area contributed by atoms with E-state index in [1.165, 1.54) is 44.9 Å². The van der Waals surface area contributed by atoms with Crippen LogP contribution in [0.4, 0.5) is 0 Å². The Labute approximate surface area is 118 Å². The fourth-order valence-corrected chi connectivity index (χ4v) is 6.48. The molecular weight excluding hydrogens is 230 g/mol. The van der Waals surface area contributed by atoms with Crippen LogP contribution in [0, 0.1) is 29.6 Å². The fraction of sp³-hybridized carbons (Fsp3) is 1.00. The van der Waals surface area contributed by atoms with Crippen molar-refractivity contribution in [2.24, 2.45) is 35.3 Å². The van der Waals surface area contributed by atoms with Gasteiger partial charge >= 0.3 is 0 Å². The van der Waals surface area contributed by atoms with Gasteiger partial charge in [0.2, 0.25) is 0 Å². The molecule has 0 unspecified atom stereocenters. The maximum absolute atomic E-state index is 6.84. The number of hydrogen-bond acceptors (Lipinski definition) is 1. The Bertz CT molecular complexity index is 299. The van der Waals surface area contributed by atoms with Crippen LogP contribution < -0.4 is 5.73 Å². The van der Waals surface area contributed by atoms with Gasteiger partial charge in [-0.2, -0.15) is 0 Å². The molecule has 5 rings (SSSR count). The average molecular weight is 261 g/mol. The SMILES string of the molecule is NC1(CC2C3CC4CC(C3)CC2C4)CCCCCC1. The van der Waals surface area contributed by atoms with Crippen LogP contribution in [-0.4, -0.2) is 5.54 Å². The lowest BCUT2D eigenvalue weighted by molar-refractivity contribution is -0.0489. The maximum atomic E-state index is 6.84. The first-order valence-corrected chi connectivity index (χ1v) is 9.01.